The van der Waals surface area contributed by atoms with E-state index in [2.05, 4.69) is 15.4 Å². The van der Waals surface area contributed by atoms with Gasteiger partial charge in [0.15, 0.2) is 0 Å². The lowest BCUT2D eigenvalue weighted by Crippen LogP contribution is -2.43. The Hall–Kier alpha value is -3.04. The van der Waals surface area contributed by atoms with Gasteiger partial charge in [-0.1, -0.05) is 0 Å². The maximum atomic E-state index is 12.7. The molecule has 1 N–H and O–H groups in total. The molecule has 3 heterocycles. The van der Waals surface area contributed by atoms with Crippen molar-refractivity contribution in [3.63, 3.8) is 0 Å². The van der Waals surface area contributed by atoms with Crippen molar-refractivity contribution in [1.29, 1.82) is 0 Å². The molecule has 0 aliphatic heterocycles. The van der Waals surface area contributed by atoms with Gasteiger partial charge in [0.1, 0.15) is 6.04 Å². The van der Waals surface area contributed by atoms with E-state index in [1.165, 1.54) is 11.8 Å². The summed E-state index contributed by atoms with van der Waals surface area (Å²) < 4.78 is 8.11. The number of methoxy groups -OCH3 is 1. The fourth-order valence-corrected chi connectivity index (χ4v) is 2.91. The number of hydroxylamine groups is 1. The molecule has 3 aromatic rings. The normalized spacial score (nSPS) is 12.9. The third-order valence-corrected chi connectivity index (χ3v) is 4.33. The van der Waals surface area contributed by atoms with Crippen molar-refractivity contribution in [2.45, 2.75) is 38.8 Å². The van der Waals surface area contributed by atoms with E-state index in [1.807, 2.05) is 20.8 Å². The fourth-order valence-electron chi connectivity index (χ4n) is 2.91. The van der Waals surface area contributed by atoms with Gasteiger partial charge in [-0.25, -0.2) is 4.68 Å². The van der Waals surface area contributed by atoms with Crippen LogP contribution in [0.4, 0.5) is 0 Å². The van der Waals surface area contributed by atoms with Crippen molar-refractivity contribution in [2.24, 2.45) is 7.05 Å². The topological polar surface area (TPSA) is 100 Å². The molecule has 0 aliphatic carbocycles. The lowest BCUT2D eigenvalue weighted by molar-refractivity contribution is -0.153. The number of rotatable bonds is 6. The van der Waals surface area contributed by atoms with Gasteiger partial charge in [0.05, 0.1) is 41.7 Å². The van der Waals surface area contributed by atoms with E-state index in [0.717, 1.165) is 5.52 Å². The molecule has 0 saturated carbocycles. The first-order chi connectivity index (χ1) is 13.7. The molecule has 0 unspecified atom stereocenters. The minimum absolute atomic E-state index is 0.146. The van der Waals surface area contributed by atoms with E-state index in [9.17, 15) is 9.59 Å². The number of carbonyl (C=O) groups is 1. The van der Waals surface area contributed by atoms with Crippen LogP contribution in [0.1, 0.15) is 26.5 Å². The second-order valence-electron chi connectivity index (χ2n) is 7.65. The molecule has 0 spiro atoms. The third-order valence-electron chi connectivity index (χ3n) is 4.33. The molecular formula is C20H25N5O4. The van der Waals surface area contributed by atoms with Crippen LogP contribution in [0.15, 0.2) is 41.6 Å². The number of hydrogen-bond donors (Lipinski definition) is 1. The van der Waals surface area contributed by atoms with Crippen LogP contribution in [0.3, 0.4) is 0 Å². The van der Waals surface area contributed by atoms with Crippen LogP contribution in [0.25, 0.3) is 16.6 Å². The minimum Gasteiger partial charge on any atom is -0.468 e. The van der Waals surface area contributed by atoms with E-state index in [1.54, 1.807) is 48.5 Å². The highest BCUT2D eigenvalue weighted by Gasteiger charge is 2.23. The summed E-state index contributed by atoms with van der Waals surface area (Å²) in [5.41, 5.74) is 4.15. The predicted octanol–water partition coefficient (Wildman–Crippen LogP) is 1.52. The highest BCUT2D eigenvalue weighted by molar-refractivity contribution is 5.78. The molecule has 0 radical (unpaired) electrons. The Labute approximate surface area is 168 Å². The van der Waals surface area contributed by atoms with E-state index in [-0.39, 0.29) is 12.0 Å². The molecule has 9 nitrogen and oxygen atoms in total. The fraction of sp³-hybridized carbons (Fsp3) is 0.400. The highest BCUT2D eigenvalue weighted by atomic mass is 16.7. The summed E-state index contributed by atoms with van der Waals surface area (Å²) in [6, 6.07) is 4.54. The molecule has 0 amide bonds. The molecule has 1 atom stereocenters. The molecule has 0 bridgehead atoms. The van der Waals surface area contributed by atoms with Gasteiger partial charge in [0.2, 0.25) is 0 Å². The summed E-state index contributed by atoms with van der Waals surface area (Å²) >= 11 is 0. The molecule has 154 valence electrons. The number of nitrogens with one attached hydrogen (secondary N) is 1. The number of aromatic nitrogens is 4. The number of aryl methyl sites for hydroxylation is 1. The summed E-state index contributed by atoms with van der Waals surface area (Å²) in [7, 11) is 3.12. The van der Waals surface area contributed by atoms with Crippen molar-refractivity contribution < 1.29 is 14.4 Å². The van der Waals surface area contributed by atoms with Crippen molar-refractivity contribution in [3.05, 3.63) is 52.8 Å². The molecule has 9 heteroatoms. The van der Waals surface area contributed by atoms with Gasteiger partial charge in [-0.3, -0.25) is 29.1 Å². The van der Waals surface area contributed by atoms with Crippen LogP contribution in [0.2, 0.25) is 0 Å². The standard InChI is InChI=1S/C20H25N5O4/c1-20(2,3)29-23-16(19(27)28-5)10-13-6-7-14(11-22-13)25-18(26)15-8-9-21-12-17(15)24(25)4/h6-9,11-12,16,23H,10H2,1-5H3/t16-/m0/s1. The third kappa shape index (κ3) is 4.52. The second-order valence-corrected chi connectivity index (χ2v) is 7.65. The van der Waals surface area contributed by atoms with E-state index in [0.29, 0.717) is 16.8 Å². The average Bonchev–Trinajstić information content (AvgIpc) is 2.95. The van der Waals surface area contributed by atoms with Crippen LogP contribution >= 0.6 is 0 Å². The molecule has 0 aliphatic rings. The first-order valence-electron chi connectivity index (χ1n) is 9.19. The summed E-state index contributed by atoms with van der Waals surface area (Å²) in [5, 5.41) is 0.584. The Morgan fingerprint density at radius 1 is 1.24 bits per heavy atom. The largest absolute Gasteiger partial charge is 0.468 e. The quantitative estimate of drug-likeness (QED) is 0.495. The van der Waals surface area contributed by atoms with Gasteiger partial charge in [-0.05, 0) is 39.0 Å². The number of pyridine rings is 2. The van der Waals surface area contributed by atoms with Gasteiger partial charge in [0, 0.05) is 25.4 Å². The number of nitrogens with zero attached hydrogens (tertiary/aromatic N) is 4. The van der Waals surface area contributed by atoms with Gasteiger partial charge in [-0.15, -0.1) is 0 Å². The van der Waals surface area contributed by atoms with Crippen LogP contribution in [0.5, 0.6) is 0 Å². The highest BCUT2D eigenvalue weighted by Crippen LogP contribution is 2.13. The molecule has 3 rings (SSSR count). The Bertz CT molecular complexity index is 1060. The first-order valence-corrected chi connectivity index (χ1v) is 9.19. The minimum atomic E-state index is -0.705. The van der Waals surface area contributed by atoms with Crippen molar-refractivity contribution in [2.75, 3.05) is 7.11 Å². The molecule has 29 heavy (non-hydrogen) atoms. The number of hydrogen-bond acceptors (Lipinski definition) is 7. The SMILES string of the molecule is COC(=O)[C@H](Cc1ccc(-n2c(=O)c3ccncc3n2C)cn1)NOC(C)(C)C. The maximum absolute atomic E-state index is 12.7. The molecule has 0 saturated heterocycles. The number of ether oxygens (including phenoxy) is 1. The number of esters is 1. The lowest BCUT2D eigenvalue weighted by atomic mass is 10.1. The predicted molar refractivity (Wildman–Crippen MR) is 108 cm³/mol. The monoisotopic (exact) mass is 399 g/mol. The summed E-state index contributed by atoms with van der Waals surface area (Å²) in [6.45, 7) is 5.62. The van der Waals surface area contributed by atoms with Crippen molar-refractivity contribution >= 4 is 16.9 Å². The van der Waals surface area contributed by atoms with E-state index < -0.39 is 17.6 Å². The molecule has 0 aromatic carbocycles. The van der Waals surface area contributed by atoms with E-state index >= 15 is 0 Å². The second kappa shape index (κ2) is 8.14. The Morgan fingerprint density at radius 3 is 2.59 bits per heavy atom. The van der Waals surface area contributed by atoms with Crippen LogP contribution in [-0.2, 0) is 27.8 Å². The molecule has 0 fully saturated rings. The zero-order valence-corrected chi connectivity index (χ0v) is 17.2. The van der Waals surface area contributed by atoms with E-state index in [4.69, 9.17) is 9.57 Å². The van der Waals surface area contributed by atoms with Gasteiger partial charge in [-0.2, -0.15) is 5.48 Å². The summed E-state index contributed by atoms with van der Waals surface area (Å²) in [6.07, 6.45) is 5.12. The van der Waals surface area contributed by atoms with Gasteiger partial charge < -0.3 is 4.74 Å². The van der Waals surface area contributed by atoms with Gasteiger partial charge in [0.25, 0.3) is 5.56 Å². The maximum Gasteiger partial charge on any atom is 0.325 e. The summed E-state index contributed by atoms with van der Waals surface area (Å²) in [5.74, 6) is -0.447. The lowest BCUT2D eigenvalue weighted by Gasteiger charge is -2.23. The zero-order valence-electron chi connectivity index (χ0n) is 17.2. The zero-order chi connectivity index (χ0) is 21.2. The Balaban J connectivity index is 1.84. The first kappa shape index (κ1) is 20.7. The van der Waals surface area contributed by atoms with Crippen molar-refractivity contribution in [3.8, 4) is 5.69 Å². The average molecular weight is 399 g/mol. The van der Waals surface area contributed by atoms with Gasteiger partial charge >= 0.3 is 5.97 Å². The van der Waals surface area contributed by atoms with Crippen LogP contribution in [0, 0.1) is 0 Å². The van der Waals surface area contributed by atoms with Crippen LogP contribution in [-0.4, -0.2) is 44.1 Å². The molecular weight excluding hydrogens is 374 g/mol. The summed E-state index contributed by atoms with van der Waals surface area (Å²) in [4.78, 5) is 38.8. The van der Waals surface area contributed by atoms with Crippen molar-refractivity contribution in [1.82, 2.24) is 24.8 Å². The Kier molecular flexibility index (Phi) is 5.81. The molecule has 3 aromatic heterocycles. The number of carbonyl (C=O) groups excluding carboxylic acids is 1. The van der Waals surface area contributed by atoms with Crippen LogP contribution < -0.4 is 11.0 Å². The smallest absolute Gasteiger partial charge is 0.325 e. The number of fused-ring (bicyclic) bond motifs is 1. The Morgan fingerprint density at radius 2 is 2.00 bits per heavy atom.